The van der Waals surface area contributed by atoms with Gasteiger partial charge in [-0.25, -0.2) is 14.2 Å². The van der Waals surface area contributed by atoms with E-state index in [0.717, 1.165) is 0 Å². The van der Waals surface area contributed by atoms with E-state index in [9.17, 15) is 14.9 Å². The minimum absolute atomic E-state index is 0.0412. The Hall–Kier alpha value is -4.89. The number of pyridine rings is 1. The van der Waals surface area contributed by atoms with E-state index < -0.39 is 23.4 Å². The number of carbonyl (C=O) groups is 1. The van der Waals surface area contributed by atoms with Crippen molar-refractivity contribution in [2.24, 2.45) is 7.05 Å². The van der Waals surface area contributed by atoms with Gasteiger partial charge in [-0.3, -0.25) is 4.79 Å². The molecule has 0 spiro atoms. The molecule has 0 bridgehead atoms. The van der Waals surface area contributed by atoms with Gasteiger partial charge in [-0.05, 0) is 43.7 Å². The number of anilines is 1. The Morgan fingerprint density at radius 2 is 1.90 bits per heavy atom. The summed E-state index contributed by atoms with van der Waals surface area (Å²) >= 11 is 6.20. The van der Waals surface area contributed by atoms with Crippen LogP contribution in [0, 0.1) is 17.1 Å². The molecule has 0 amide bonds. The summed E-state index contributed by atoms with van der Waals surface area (Å²) in [6.07, 6.45) is 3.04. The van der Waals surface area contributed by atoms with Crippen molar-refractivity contribution in [3.05, 3.63) is 86.3 Å². The summed E-state index contributed by atoms with van der Waals surface area (Å²) in [5.74, 6) is -1.20. The second-order valence-electron chi connectivity index (χ2n) is 9.48. The Morgan fingerprint density at radius 1 is 1.17 bits per heavy atom. The number of halogens is 2. The van der Waals surface area contributed by atoms with Crippen LogP contribution in [0.5, 0.6) is 11.9 Å². The van der Waals surface area contributed by atoms with Gasteiger partial charge in [0.2, 0.25) is 5.88 Å². The maximum atomic E-state index is 15.0. The lowest BCUT2D eigenvalue weighted by Crippen LogP contribution is -2.23. The maximum Gasteiger partial charge on any atom is 0.339 e. The molecule has 0 saturated heterocycles. The number of hydrogen-bond donors (Lipinski definition) is 1. The van der Waals surface area contributed by atoms with Crippen LogP contribution in [0.3, 0.4) is 0 Å². The van der Waals surface area contributed by atoms with Crippen LogP contribution < -0.4 is 20.3 Å². The number of benzene rings is 1. The van der Waals surface area contributed by atoms with Crippen LogP contribution in [-0.2, 0) is 11.8 Å². The van der Waals surface area contributed by atoms with Crippen molar-refractivity contribution in [3.8, 4) is 29.2 Å². The van der Waals surface area contributed by atoms with Crippen molar-refractivity contribution < 1.29 is 23.4 Å². The van der Waals surface area contributed by atoms with Crippen LogP contribution in [-0.4, -0.2) is 46.4 Å². The van der Waals surface area contributed by atoms with E-state index in [1.54, 1.807) is 19.2 Å². The molecule has 1 atom stereocenters. The summed E-state index contributed by atoms with van der Waals surface area (Å²) in [6.45, 7) is 3.81. The largest absolute Gasteiger partial charge is 0.480 e. The van der Waals surface area contributed by atoms with Gasteiger partial charge in [-0.1, -0.05) is 17.7 Å². The van der Waals surface area contributed by atoms with Gasteiger partial charge in [0.25, 0.3) is 5.56 Å². The lowest BCUT2D eigenvalue weighted by atomic mass is 9.98. The number of rotatable bonds is 9. The van der Waals surface area contributed by atoms with Crippen molar-refractivity contribution in [2.75, 3.05) is 26.6 Å². The summed E-state index contributed by atoms with van der Waals surface area (Å²) in [5.41, 5.74) is 1.78. The quantitative estimate of drug-likeness (QED) is 0.269. The molecule has 0 aliphatic heterocycles. The van der Waals surface area contributed by atoms with Crippen LogP contribution in [0.2, 0.25) is 5.02 Å². The van der Waals surface area contributed by atoms with Crippen molar-refractivity contribution >= 4 is 23.3 Å². The number of ether oxygens (including phenoxy) is 3. The van der Waals surface area contributed by atoms with E-state index in [2.05, 4.69) is 15.3 Å². The fraction of sp³-hybridized carbons (Fsp3) is 0.276. The topological polar surface area (TPSA) is 133 Å². The number of aromatic nitrogens is 4. The van der Waals surface area contributed by atoms with E-state index in [-0.39, 0.29) is 34.1 Å². The molecule has 0 saturated carbocycles. The van der Waals surface area contributed by atoms with Gasteiger partial charge >= 0.3 is 12.0 Å². The molecule has 218 valence electrons. The standard InChI is InChI=1S/C29H28ClFN6O5/c1-15(2)37-23(20-13-33-29(42-6)35-26(20)40-4)11-19(28(39)41-5)25(37)24(16-7-8-17(12-32)22(31)9-16)34-18-10-21(30)27(38)36(3)14-18/h7-11,13-15,24,34H,1-6H3. The minimum atomic E-state index is -0.906. The zero-order valence-electron chi connectivity index (χ0n) is 23.7. The first-order valence-corrected chi connectivity index (χ1v) is 13.0. The van der Waals surface area contributed by atoms with Gasteiger partial charge in [0.15, 0.2) is 0 Å². The maximum absolute atomic E-state index is 15.0. The van der Waals surface area contributed by atoms with Gasteiger partial charge in [0.05, 0.1) is 61.1 Å². The van der Waals surface area contributed by atoms with Crippen LogP contribution in [0.15, 0.2) is 47.5 Å². The van der Waals surface area contributed by atoms with Gasteiger partial charge in [-0.15, -0.1) is 0 Å². The van der Waals surface area contributed by atoms with Crippen molar-refractivity contribution in [3.63, 3.8) is 0 Å². The molecule has 1 unspecified atom stereocenters. The third kappa shape index (κ3) is 5.64. The predicted octanol–water partition coefficient (Wildman–Crippen LogP) is 4.89. The molecule has 1 N–H and O–H groups in total. The molecule has 3 heterocycles. The Labute approximate surface area is 246 Å². The van der Waals surface area contributed by atoms with E-state index in [0.29, 0.717) is 28.2 Å². The third-order valence-corrected chi connectivity index (χ3v) is 6.82. The molecule has 0 aliphatic carbocycles. The number of esters is 1. The van der Waals surface area contributed by atoms with Crippen molar-refractivity contribution in [2.45, 2.75) is 25.9 Å². The number of nitrogens with one attached hydrogen (secondary N) is 1. The highest BCUT2D eigenvalue weighted by Gasteiger charge is 2.32. The number of hydrogen-bond acceptors (Lipinski definition) is 9. The Bertz CT molecular complexity index is 1730. The molecule has 4 aromatic rings. The fourth-order valence-electron chi connectivity index (χ4n) is 4.68. The van der Waals surface area contributed by atoms with Crippen molar-refractivity contribution in [1.29, 1.82) is 5.26 Å². The number of carbonyl (C=O) groups excluding carboxylic acids is 1. The molecule has 42 heavy (non-hydrogen) atoms. The zero-order valence-corrected chi connectivity index (χ0v) is 24.5. The highest BCUT2D eigenvalue weighted by Crippen LogP contribution is 2.40. The first kappa shape index (κ1) is 30.1. The summed E-state index contributed by atoms with van der Waals surface area (Å²) in [4.78, 5) is 34.1. The van der Waals surface area contributed by atoms with Gasteiger partial charge < -0.3 is 28.7 Å². The Kier molecular flexibility index (Phi) is 8.82. The van der Waals surface area contributed by atoms with Crippen LogP contribution in [0.25, 0.3) is 11.3 Å². The number of aryl methyl sites for hydroxylation is 1. The smallest absolute Gasteiger partial charge is 0.339 e. The molecule has 1 aromatic carbocycles. The number of nitriles is 1. The molecule has 3 aromatic heterocycles. The molecule has 0 radical (unpaired) electrons. The van der Waals surface area contributed by atoms with E-state index >= 15 is 4.39 Å². The molecule has 4 rings (SSSR count). The van der Waals surface area contributed by atoms with Crippen LogP contribution in [0.4, 0.5) is 10.1 Å². The molecule has 0 aliphatic rings. The second-order valence-corrected chi connectivity index (χ2v) is 9.89. The molecular formula is C29H28ClFN6O5. The summed E-state index contributed by atoms with van der Waals surface area (Å²) in [7, 11) is 5.67. The van der Waals surface area contributed by atoms with Gasteiger partial charge in [0.1, 0.15) is 16.9 Å². The molecular weight excluding hydrogens is 567 g/mol. The summed E-state index contributed by atoms with van der Waals surface area (Å²) < 4.78 is 34.0. The lowest BCUT2D eigenvalue weighted by Gasteiger charge is -2.27. The van der Waals surface area contributed by atoms with E-state index in [4.69, 9.17) is 25.8 Å². The Balaban J connectivity index is 2.08. The normalized spacial score (nSPS) is 11.6. The van der Waals surface area contributed by atoms with Gasteiger partial charge in [-0.2, -0.15) is 10.2 Å². The average molecular weight is 595 g/mol. The predicted molar refractivity (Wildman–Crippen MR) is 154 cm³/mol. The summed E-state index contributed by atoms with van der Waals surface area (Å²) in [6, 6.07) is 7.96. The summed E-state index contributed by atoms with van der Waals surface area (Å²) in [5, 5.41) is 12.6. The fourth-order valence-corrected chi connectivity index (χ4v) is 4.93. The molecule has 11 nitrogen and oxygen atoms in total. The highest BCUT2D eigenvalue weighted by atomic mass is 35.5. The molecule has 13 heteroatoms. The monoisotopic (exact) mass is 594 g/mol. The van der Waals surface area contributed by atoms with E-state index in [1.807, 2.05) is 24.5 Å². The first-order chi connectivity index (χ1) is 20.0. The lowest BCUT2D eigenvalue weighted by molar-refractivity contribution is 0.0599. The van der Waals surface area contributed by atoms with E-state index in [1.165, 1.54) is 56.5 Å². The third-order valence-electron chi connectivity index (χ3n) is 6.55. The SMILES string of the molecule is COC(=O)c1cc(-c2cnc(OC)nc2OC)n(C(C)C)c1C(Nc1cc(Cl)c(=O)n(C)c1)c1ccc(C#N)c(F)c1. The Morgan fingerprint density at radius 3 is 2.48 bits per heavy atom. The van der Waals surface area contributed by atoms with Crippen LogP contribution in [0.1, 0.15) is 53.1 Å². The highest BCUT2D eigenvalue weighted by molar-refractivity contribution is 6.30. The number of methoxy groups -OCH3 is 3. The van der Waals surface area contributed by atoms with Gasteiger partial charge in [0, 0.05) is 25.5 Å². The first-order valence-electron chi connectivity index (χ1n) is 12.7. The second kappa shape index (κ2) is 12.3. The van der Waals surface area contributed by atoms with Crippen LogP contribution >= 0.6 is 11.6 Å². The minimum Gasteiger partial charge on any atom is -0.480 e. The van der Waals surface area contributed by atoms with Crippen molar-refractivity contribution in [1.82, 2.24) is 19.1 Å². The number of nitrogens with zero attached hydrogens (tertiary/aromatic N) is 5. The zero-order chi connectivity index (χ0) is 30.7. The average Bonchev–Trinajstić information content (AvgIpc) is 3.38. The molecule has 0 fully saturated rings.